The summed E-state index contributed by atoms with van der Waals surface area (Å²) >= 11 is 0. The number of aromatic nitrogens is 1. The van der Waals surface area contributed by atoms with Crippen LogP contribution in [0.1, 0.15) is 32.0 Å². The quantitative estimate of drug-likeness (QED) is 0.753. The van der Waals surface area contributed by atoms with Gasteiger partial charge in [0.2, 0.25) is 0 Å². The normalized spacial score (nSPS) is 13.3. The summed E-state index contributed by atoms with van der Waals surface area (Å²) in [4.78, 5) is 15.5. The second kappa shape index (κ2) is 7.37. The number of amides is 1. The maximum absolute atomic E-state index is 13.3. The van der Waals surface area contributed by atoms with E-state index < -0.39 is 33.9 Å². The number of carbonyl (C=O) groups is 1. The zero-order valence-electron chi connectivity index (χ0n) is 14.1. The van der Waals surface area contributed by atoms with Crippen molar-refractivity contribution in [2.45, 2.75) is 32.4 Å². The van der Waals surface area contributed by atoms with E-state index in [1.54, 1.807) is 27.0 Å². The Labute approximate surface area is 141 Å². The SMILES string of the molecule is COC(=O)Nc1cc(C(F)(F)F)c(NCS(C)=N)nc1C(C)(C)C. The molecule has 0 aliphatic rings. The average Bonchev–Trinajstić information content (AvgIpc) is 2.42. The number of nitrogens with one attached hydrogen (secondary N) is 3. The fourth-order valence-corrected chi connectivity index (χ4v) is 2.22. The molecular formula is C14H21F3N4O2S. The van der Waals surface area contributed by atoms with Gasteiger partial charge in [0.15, 0.2) is 0 Å². The first-order valence-corrected chi connectivity index (χ1v) is 8.71. The summed E-state index contributed by atoms with van der Waals surface area (Å²) in [7, 11) is 0.269. The van der Waals surface area contributed by atoms with Crippen molar-refractivity contribution in [3.05, 3.63) is 17.3 Å². The van der Waals surface area contributed by atoms with Crippen LogP contribution >= 0.6 is 0 Å². The molecule has 3 N–H and O–H groups in total. The molecule has 0 radical (unpaired) electrons. The van der Waals surface area contributed by atoms with Gasteiger partial charge in [0.05, 0.1) is 29.9 Å². The highest BCUT2D eigenvalue weighted by atomic mass is 32.2. The Kier molecular flexibility index (Phi) is 6.20. The molecule has 0 bridgehead atoms. The van der Waals surface area contributed by atoms with Gasteiger partial charge in [0.1, 0.15) is 5.82 Å². The number of anilines is 2. The van der Waals surface area contributed by atoms with Crippen LogP contribution in [0.25, 0.3) is 0 Å². The number of ether oxygens (including phenoxy) is 1. The lowest BCUT2D eigenvalue weighted by Crippen LogP contribution is -2.24. The summed E-state index contributed by atoms with van der Waals surface area (Å²) in [6.07, 6.45) is -3.96. The van der Waals surface area contributed by atoms with Crippen molar-refractivity contribution >= 4 is 28.3 Å². The van der Waals surface area contributed by atoms with Crippen molar-refractivity contribution < 1.29 is 22.7 Å². The molecule has 1 heterocycles. The van der Waals surface area contributed by atoms with Crippen molar-refractivity contribution in [1.82, 2.24) is 4.98 Å². The Morgan fingerprint density at radius 1 is 1.38 bits per heavy atom. The third-order valence-corrected chi connectivity index (χ3v) is 3.49. The Balaban J connectivity index is 3.53. The van der Waals surface area contributed by atoms with Gasteiger partial charge in [-0.05, 0) is 12.3 Å². The van der Waals surface area contributed by atoms with Gasteiger partial charge in [-0.2, -0.15) is 13.2 Å². The lowest BCUT2D eigenvalue weighted by molar-refractivity contribution is -0.137. The molecule has 10 heteroatoms. The summed E-state index contributed by atoms with van der Waals surface area (Å²) in [6, 6.07) is 0.838. The van der Waals surface area contributed by atoms with E-state index in [4.69, 9.17) is 4.78 Å². The monoisotopic (exact) mass is 366 g/mol. The highest BCUT2D eigenvalue weighted by molar-refractivity contribution is 7.85. The van der Waals surface area contributed by atoms with E-state index in [2.05, 4.69) is 20.4 Å². The van der Waals surface area contributed by atoms with Crippen molar-refractivity contribution in [3.63, 3.8) is 0 Å². The summed E-state index contributed by atoms with van der Waals surface area (Å²) in [5.74, 6) is -0.307. The summed E-state index contributed by atoms with van der Waals surface area (Å²) in [5, 5.41) is 4.86. The molecule has 6 nitrogen and oxygen atoms in total. The summed E-state index contributed by atoms with van der Waals surface area (Å²) in [5.41, 5.74) is -1.41. The molecule has 0 spiro atoms. The second-order valence-corrected chi connectivity index (χ2v) is 7.67. The zero-order valence-corrected chi connectivity index (χ0v) is 14.9. The van der Waals surface area contributed by atoms with E-state index in [0.29, 0.717) is 0 Å². The molecule has 1 aromatic heterocycles. The van der Waals surface area contributed by atoms with Crippen LogP contribution in [0.5, 0.6) is 0 Å². The van der Waals surface area contributed by atoms with Crippen LogP contribution in [0.4, 0.5) is 29.5 Å². The largest absolute Gasteiger partial charge is 0.453 e. The molecule has 1 rings (SSSR count). The number of methoxy groups -OCH3 is 1. The third-order valence-electron chi connectivity index (χ3n) is 2.92. The van der Waals surface area contributed by atoms with Crippen molar-refractivity contribution in [3.8, 4) is 0 Å². The molecule has 0 aliphatic carbocycles. The molecule has 0 aromatic carbocycles. The van der Waals surface area contributed by atoms with Crippen molar-refractivity contribution in [2.75, 3.05) is 29.9 Å². The Morgan fingerprint density at radius 3 is 2.38 bits per heavy atom. The van der Waals surface area contributed by atoms with Crippen LogP contribution in [-0.4, -0.2) is 30.3 Å². The maximum Gasteiger partial charge on any atom is 0.420 e. The number of hydrogen-bond donors (Lipinski definition) is 3. The maximum atomic E-state index is 13.3. The number of alkyl halides is 3. The van der Waals surface area contributed by atoms with Crippen molar-refractivity contribution in [1.29, 1.82) is 4.78 Å². The van der Waals surface area contributed by atoms with Gasteiger partial charge < -0.3 is 10.1 Å². The van der Waals surface area contributed by atoms with Gasteiger partial charge in [-0.3, -0.25) is 10.1 Å². The van der Waals surface area contributed by atoms with Crippen LogP contribution in [0, 0.1) is 4.78 Å². The molecule has 1 amide bonds. The van der Waals surface area contributed by atoms with Crippen LogP contribution in [0.2, 0.25) is 0 Å². The number of nitrogens with zero attached hydrogens (tertiary/aromatic N) is 1. The predicted octanol–water partition coefficient (Wildman–Crippen LogP) is 3.96. The van der Waals surface area contributed by atoms with Crippen LogP contribution in [0.3, 0.4) is 0 Å². The predicted molar refractivity (Wildman–Crippen MR) is 88.5 cm³/mol. The smallest absolute Gasteiger partial charge is 0.420 e. The highest BCUT2D eigenvalue weighted by Crippen LogP contribution is 2.39. The lowest BCUT2D eigenvalue weighted by atomic mass is 9.89. The fourth-order valence-electron chi connectivity index (χ4n) is 1.87. The molecule has 136 valence electrons. The van der Waals surface area contributed by atoms with Crippen LogP contribution in [-0.2, 0) is 27.0 Å². The third kappa shape index (κ3) is 5.36. The minimum absolute atomic E-state index is 0.0451. The first-order valence-electron chi connectivity index (χ1n) is 6.91. The topological polar surface area (TPSA) is 87.1 Å². The molecule has 0 aliphatic heterocycles. The number of hydrogen-bond acceptors (Lipinski definition) is 5. The van der Waals surface area contributed by atoms with E-state index in [9.17, 15) is 18.0 Å². The fraction of sp³-hybridized carbons (Fsp3) is 0.571. The first kappa shape index (κ1) is 20.2. The minimum atomic E-state index is -4.66. The van der Waals surface area contributed by atoms with Gasteiger partial charge >= 0.3 is 12.3 Å². The van der Waals surface area contributed by atoms with E-state index >= 15 is 0 Å². The number of rotatable bonds is 4. The average molecular weight is 366 g/mol. The summed E-state index contributed by atoms with van der Waals surface area (Å²) < 4.78 is 51.9. The number of halogens is 3. The standard InChI is InChI=1S/C14H21F3N4O2S/c1-13(2,3)10-9(20-12(22)23-4)6-8(14(15,16)17)11(21-10)19-7-24(5)18/h6,18H,7H2,1-5H3,(H,19,21)(H,20,22). The first-order chi connectivity index (χ1) is 10.9. The molecule has 0 fully saturated rings. The van der Waals surface area contributed by atoms with E-state index in [1.807, 2.05) is 0 Å². The Bertz CT molecular complexity index is 642. The molecular weight excluding hydrogens is 345 g/mol. The number of pyridine rings is 1. The van der Waals surface area contributed by atoms with Gasteiger partial charge in [-0.15, -0.1) is 0 Å². The Morgan fingerprint density at radius 2 is 1.96 bits per heavy atom. The van der Waals surface area contributed by atoms with Gasteiger partial charge in [0.25, 0.3) is 0 Å². The zero-order chi connectivity index (χ0) is 18.7. The van der Waals surface area contributed by atoms with Crippen molar-refractivity contribution in [2.24, 2.45) is 0 Å². The second-order valence-electron chi connectivity index (χ2n) is 6.10. The highest BCUT2D eigenvalue weighted by Gasteiger charge is 2.37. The van der Waals surface area contributed by atoms with Gasteiger partial charge in [-0.25, -0.2) is 9.78 Å². The van der Waals surface area contributed by atoms with Crippen LogP contribution in [0.15, 0.2) is 6.07 Å². The molecule has 1 atom stereocenters. The Hall–Kier alpha value is -1.84. The molecule has 1 unspecified atom stereocenters. The number of carbonyl (C=O) groups excluding carboxylic acids is 1. The summed E-state index contributed by atoms with van der Waals surface area (Å²) in [6.45, 7) is 5.30. The van der Waals surface area contributed by atoms with E-state index in [1.165, 1.54) is 0 Å². The van der Waals surface area contributed by atoms with E-state index in [0.717, 1.165) is 13.2 Å². The molecule has 0 saturated heterocycles. The van der Waals surface area contributed by atoms with Crippen LogP contribution < -0.4 is 10.6 Å². The minimum Gasteiger partial charge on any atom is -0.453 e. The van der Waals surface area contributed by atoms with Gasteiger partial charge in [0, 0.05) is 5.41 Å². The lowest BCUT2D eigenvalue weighted by Gasteiger charge is -2.25. The van der Waals surface area contributed by atoms with E-state index in [-0.39, 0.29) is 23.1 Å². The molecule has 1 aromatic rings. The molecule has 0 saturated carbocycles. The van der Waals surface area contributed by atoms with Gasteiger partial charge in [-0.1, -0.05) is 31.5 Å². The molecule has 24 heavy (non-hydrogen) atoms.